The van der Waals surface area contributed by atoms with E-state index in [1.807, 2.05) is 30.3 Å². The molecule has 4 heteroatoms. The lowest BCUT2D eigenvalue weighted by molar-refractivity contribution is -0.132. The summed E-state index contributed by atoms with van der Waals surface area (Å²) in [4.78, 5) is 24.4. The molecule has 0 N–H and O–H groups in total. The van der Waals surface area contributed by atoms with E-state index < -0.39 is 0 Å². The quantitative estimate of drug-likeness (QED) is 0.802. The highest BCUT2D eigenvalue weighted by molar-refractivity contribution is 8.00. The number of benzene rings is 1. The normalized spacial score (nSPS) is 20.2. The van der Waals surface area contributed by atoms with Crippen LogP contribution in [0.3, 0.4) is 0 Å². The van der Waals surface area contributed by atoms with E-state index in [0.717, 1.165) is 5.56 Å². The third-order valence-corrected chi connectivity index (χ3v) is 3.70. The minimum Gasteiger partial charge on any atom is -0.319 e. The lowest BCUT2D eigenvalue weighted by Gasteiger charge is -2.22. The number of rotatable bonds is 3. The van der Waals surface area contributed by atoms with E-state index >= 15 is 0 Å². The van der Waals surface area contributed by atoms with Crippen LogP contribution in [0.25, 0.3) is 0 Å². The topological polar surface area (TPSA) is 37.4 Å². The molecule has 0 spiro atoms. The summed E-state index contributed by atoms with van der Waals surface area (Å²) in [5, 5.41) is -0.00222. The summed E-state index contributed by atoms with van der Waals surface area (Å²) in [6, 6.07) is 9.82. The number of carbonyl (C=O) groups excluding carboxylic acids is 2. The van der Waals surface area contributed by atoms with Crippen molar-refractivity contribution in [3.05, 3.63) is 35.9 Å². The third-order valence-electron chi connectivity index (χ3n) is 2.45. The van der Waals surface area contributed by atoms with E-state index in [2.05, 4.69) is 0 Å². The fraction of sp³-hybridized carbons (Fsp3) is 0.333. The van der Waals surface area contributed by atoms with Gasteiger partial charge in [0.2, 0.25) is 5.91 Å². The molecule has 0 aromatic heterocycles. The Labute approximate surface area is 98.8 Å². The molecular weight excluding hydrogens is 222 g/mol. The van der Waals surface area contributed by atoms with Crippen LogP contribution < -0.4 is 0 Å². The molecule has 0 radical (unpaired) electrons. The molecule has 2 rings (SSSR count). The van der Waals surface area contributed by atoms with Gasteiger partial charge in [-0.2, -0.15) is 0 Å². The minimum atomic E-state index is -0.00222. The van der Waals surface area contributed by atoms with Gasteiger partial charge in [0, 0.05) is 0 Å². The lowest BCUT2D eigenvalue weighted by atomic mass is 10.2. The maximum atomic E-state index is 11.6. The van der Waals surface area contributed by atoms with Crippen LogP contribution in [-0.4, -0.2) is 28.9 Å². The molecule has 1 aromatic rings. The van der Waals surface area contributed by atoms with Crippen molar-refractivity contribution in [2.75, 3.05) is 12.3 Å². The molecule has 1 atom stereocenters. The van der Waals surface area contributed by atoms with Crippen LogP contribution in [0.4, 0.5) is 0 Å². The maximum absolute atomic E-state index is 11.6. The Kier molecular flexibility index (Phi) is 3.29. The minimum absolute atomic E-state index is 0.00222. The SMILES string of the molecule is CC(=O)CN1C(=O)CSC1c1ccccc1. The van der Waals surface area contributed by atoms with Crippen molar-refractivity contribution in [2.24, 2.45) is 0 Å². The second-order valence-electron chi connectivity index (χ2n) is 3.80. The predicted molar refractivity (Wildman–Crippen MR) is 64.0 cm³/mol. The van der Waals surface area contributed by atoms with Crippen LogP contribution in [0, 0.1) is 0 Å². The standard InChI is InChI=1S/C12H13NO2S/c1-9(14)7-13-11(15)8-16-12(13)10-5-3-2-4-6-10/h2-6,12H,7-8H2,1H3. The van der Waals surface area contributed by atoms with E-state index in [9.17, 15) is 9.59 Å². The first kappa shape index (κ1) is 11.2. The monoisotopic (exact) mass is 235 g/mol. The summed E-state index contributed by atoms with van der Waals surface area (Å²) in [5.41, 5.74) is 1.08. The van der Waals surface area contributed by atoms with Gasteiger partial charge >= 0.3 is 0 Å². The fourth-order valence-corrected chi connectivity index (χ4v) is 2.95. The van der Waals surface area contributed by atoms with Crippen molar-refractivity contribution in [1.82, 2.24) is 4.90 Å². The Bertz CT molecular complexity index is 405. The number of amides is 1. The molecule has 16 heavy (non-hydrogen) atoms. The van der Waals surface area contributed by atoms with E-state index in [1.165, 1.54) is 6.92 Å². The summed E-state index contributed by atoms with van der Waals surface area (Å²) in [5.74, 6) is 0.540. The highest BCUT2D eigenvalue weighted by Gasteiger charge is 2.32. The zero-order chi connectivity index (χ0) is 11.5. The highest BCUT2D eigenvalue weighted by Crippen LogP contribution is 2.38. The van der Waals surface area contributed by atoms with Gasteiger partial charge in [-0.1, -0.05) is 30.3 Å². The van der Waals surface area contributed by atoms with Crippen molar-refractivity contribution in [2.45, 2.75) is 12.3 Å². The molecular formula is C12H13NO2S. The van der Waals surface area contributed by atoms with Crippen LogP contribution in [0.15, 0.2) is 30.3 Å². The first-order chi connectivity index (χ1) is 7.68. The van der Waals surface area contributed by atoms with Gasteiger partial charge in [-0.15, -0.1) is 11.8 Å². The van der Waals surface area contributed by atoms with E-state index in [0.29, 0.717) is 5.75 Å². The Morgan fingerprint density at radius 2 is 2.12 bits per heavy atom. The molecule has 1 aromatic carbocycles. The second kappa shape index (κ2) is 4.70. The van der Waals surface area contributed by atoms with Gasteiger partial charge in [0.25, 0.3) is 0 Å². The van der Waals surface area contributed by atoms with Crippen molar-refractivity contribution < 1.29 is 9.59 Å². The van der Waals surface area contributed by atoms with Gasteiger partial charge in [0.15, 0.2) is 0 Å². The summed E-state index contributed by atoms with van der Waals surface area (Å²) in [6.45, 7) is 1.73. The van der Waals surface area contributed by atoms with Crippen LogP contribution in [-0.2, 0) is 9.59 Å². The van der Waals surface area contributed by atoms with Gasteiger partial charge in [-0.05, 0) is 12.5 Å². The van der Waals surface area contributed by atoms with E-state index in [1.54, 1.807) is 16.7 Å². The number of nitrogens with zero attached hydrogens (tertiary/aromatic N) is 1. The van der Waals surface area contributed by atoms with Gasteiger partial charge in [0.1, 0.15) is 11.2 Å². The Morgan fingerprint density at radius 3 is 2.75 bits per heavy atom. The molecule has 1 heterocycles. The fourth-order valence-electron chi connectivity index (χ4n) is 1.76. The van der Waals surface area contributed by atoms with Crippen molar-refractivity contribution in [3.63, 3.8) is 0 Å². The van der Waals surface area contributed by atoms with Gasteiger partial charge < -0.3 is 4.90 Å². The number of ketones is 1. The van der Waals surface area contributed by atoms with Crippen LogP contribution in [0.2, 0.25) is 0 Å². The van der Waals surface area contributed by atoms with Crippen LogP contribution in [0.5, 0.6) is 0 Å². The molecule has 1 saturated heterocycles. The summed E-state index contributed by atoms with van der Waals surface area (Å²) in [6.07, 6.45) is 0. The van der Waals surface area contributed by atoms with E-state index in [4.69, 9.17) is 0 Å². The first-order valence-electron chi connectivity index (χ1n) is 5.14. The van der Waals surface area contributed by atoms with Crippen molar-refractivity contribution >= 4 is 23.5 Å². The Morgan fingerprint density at radius 1 is 1.44 bits per heavy atom. The smallest absolute Gasteiger partial charge is 0.234 e. The number of Topliss-reactive ketones (excluding diaryl/α,β-unsaturated/α-hetero) is 1. The third kappa shape index (κ3) is 2.27. The Balaban J connectivity index is 2.21. The number of carbonyl (C=O) groups is 2. The number of hydrogen-bond donors (Lipinski definition) is 0. The number of thioether (sulfide) groups is 1. The molecule has 0 saturated carbocycles. The molecule has 1 amide bonds. The van der Waals surface area contributed by atoms with Crippen LogP contribution in [0.1, 0.15) is 17.9 Å². The second-order valence-corrected chi connectivity index (χ2v) is 4.87. The molecule has 1 aliphatic rings. The predicted octanol–water partition coefficient (Wildman–Crippen LogP) is 1.85. The Hall–Kier alpha value is -1.29. The van der Waals surface area contributed by atoms with Gasteiger partial charge in [-0.3, -0.25) is 9.59 Å². The average Bonchev–Trinajstić information content (AvgIpc) is 2.61. The highest BCUT2D eigenvalue weighted by atomic mass is 32.2. The summed E-state index contributed by atoms with van der Waals surface area (Å²) >= 11 is 1.58. The van der Waals surface area contributed by atoms with Crippen molar-refractivity contribution in [1.29, 1.82) is 0 Å². The molecule has 84 valence electrons. The average molecular weight is 235 g/mol. The molecule has 0 bridgehead atoms. The number of hydrogen-bond acceptors (Lipinski definition) is 3. The van der Waals surface area contributed by atoms with Crippen LogP contribution >= 0.6 is 11.8 Å². The van der Waals surface area contributed by atoms with Gasteiger partial charge in [0.05, 0.1) is 12.3 Å². The zero-order valence-electron chi connectivity index (χ0n) is 9.05. The largest absolute Gasteiger partial charge is 0.319 e. The van der Waals surface area contributed by atoms with E-state index in [-0.39, 0.29) is 23.6 Å². The summed E-state index contributed by atoms with van der Waals surface area (Å²) in [7, 11) is 0. The molecule has 1 unspecified atom stereocenters. The molecule has 1 aliphatic heterocycles. The zero-order valence-corrected chi connectivity index (χ0v) is 9.87. The maximum Gasteiger partial charge on any atom is 0.234 e. The van der Waals surface area contributed by atoms with Gasteiger partial charge in [-0.25, -0.2) is 0 Å². The molecule has 1 fully saturated rings. The lowest BCUT2D eigenvalue weighted by Crippen LogP contribution is -2.32. The molecule has 0 aliphatic carbocycles. The molecule has 3 nitrogen and oxygen atoms in total. The van der Waals surface area contributed by atoms with Crippen molar-refractivity contribution in [3.8, 4) is 0 Å². The summed E-state index contributed by atoms with van der Waals surface area (Å²) < 4.78 is 0. The first-order valence-corrected chi connectivity index (χ1v) is 6.19.